The predicted molar refractivity (Wildman–Crippen MR) is 130 cm³/mol. The Labute approximate surface area is 204 Å². The molecular weight excluding hydrogens is 503 g/mol. The van der Waals surface area contributed by atoms with Gasteiger partial charge in [0, 0.05) is 10.0 Å². The number of rotatable bonds is 6. The second-order valence-electron chi connectivity index (χ2n) is 7.58. The van der Waals surface area contributed by atoms with Crippen molar-refractivity contribution < 1.29 is 23.5 Å². The third-order valence-corrected chi connectivity index (χ3v) is 5.75. The van der Waals surface area contributed by atoms with Gasteiger partial charge in [-0.05, 0) is 66.1 Å². The predicted octanol–water partition coefficient (Wildman–Crippen LogP) is 5.40. The molecule has 1 aliphatic heterocycles. The average molecular weight is 523 g/mol. The van der Waals surface area contributed by atoms with Crippen LogP contribution >= 0.6 is 15.9 Å². The summed E-state index contributed by atoms with van der Waals surface area (Å²) in [4.78, 5) is 39.2. The van der Waals surface area contributed by atoms with E-state index < -0.39 is 17.8 Å². The lowest BCUT2D eigenvalue weighted by atomic mass is 10.1. The molecular formula is C26H20BrFN2O4. The molecule has 0 atom stereocenters. The van der Waals surface area contributed by atoms with E-state index in [-0.39, 0.29) is 18.0 Å². The number of urea groups is 1. The fourth-order valence-corrected chi connectivity index (χ4v) is 3.86. The van der Waals surface area contributed by atoms with Crippen molar-refractivity contribution in [1.82, 2.24) is 5.32 Å². The minimum absolute atomic E-state index is 0.0874. The number of imide groups is 2. The van der Waals surface area contributed by atoms with E-state index in [4.69, 9.17) is 4.74 Å². The molecule has 0 radical (unpaired) electrons. The van der Waals surface area contributed by atoms with Crippen LogP contribution in [0.5, 0.6) is 5.75 Å². The van der Waals surface area contributed by atoms with Crippen LogP contribution in [0, 0.1) is 5.82 Å². The molecule has 8 heteroatoms. The topological polar surface area (TPSA) is 75.7 Å². The van der Waals surface area contributed by atoms with Crippen LogP contribution in [0.2, 0.25) is 0 Å². The molecule has 1 N–H and O–H groups in total. The third kappa shape index (κ3) is 5.07. The molecule has 3 aromatic carbocycles. The molecule has 0 saturated carbocycles. The third-order valence-electron chi connectivity index (χ3n) is 5.26. The Hall–Kier alpha value is -3.78. The molecule has 34 heavy (non-hydrogen) atoms. The Morgan fingerprint density at radius 3 is 2.47 bits per heavy atom. The highest BCUT2D eigenvalue weighted by atomic mass is 79.9. The zero-order valence-corrected chi connectivity index (χ0v) is 19.8. The molecule has 172 valence electrons. The number of carbonyl (C=O) groups is 3. The first-order chi connectivity index (χ1) is 16.4. The van der Waals surface area contributed by atoms with Gasteiger partial charge in [0.25, 0.3) is 11.8 Å². The largest absolute Gasteiger partial charge is 0.488 e. The van der Waals surface area contributed by atoms with Crippen molar-refractivity contribution in [3.05, 3.63) is 99.3 Å². The summed E-state index contributed by atoms with van der Waals surface area (Å²) < 4.78 is 20.0. The molecule has 4 rings (SSSR count). The number of hydrogen-bond acceptors (Lipinski definition) is 4. The first-order valence-corrected chi connectivity index (χ1v) is 11.3. The van der Waals surface area contributed by atoms with Crippen LogP contribution in [0.15, 0.2) is 76.8 Å². The van der Waals surface area contributed by atoms with Crippen LogP contribution in [0.25, 0.3) is 6.08 Å². The maximum atomic E-state index is 13.5. The number of amides is 4. The maximum absolute atomic E-state index is 13.5. The van der Waals surface area contributed by atoms with E-state index in [1.807, 2.05) is 19.1 Å². The maximum Gasteiger partial charge on any atom is 0.335 e. The molecule has 1 heterocycles. The van der Waals surface area contributed by atoms with Crippen molar-refractivity contribution in [2.45, 2.75) is 20.0 Å². The Morgan fingerprint density at radius 1 is 1.00 bits per heavy atom. The van der Waals surface area contributed by atoms with Gasteiger partial charge in [-0.3, -0.25) is 14.9 Å². The summed E-state index contributed by atoms with van der Waals surface area (Å²) in [6.45, 7) is 2.09. The fraction of sp³-hybridized carbons (Fsp3) is 0.115. The Morgan fingerprint density at radius 2 is 1.76 bits per heavy atom. The highest BCUT2D eigenvalue weighted by Gasteiger charge is 2.37. The lowest BCUT2D eigenvalue weighted by Gasteiger charge is -2.26. The summed E-state index contributed by atoms with van der Waals surface area (Å²) in [5.74, 6) is -1.53. The van der Waals surface area contributed by atoms with Gasteiger partial charge in [-0.25, -0.2) is 14.1 Å². The molecule has 1 saturated heterocycles. The molecule has 1 aliphatic rings. The SMILES string of the molecule is CCc1ccc(N2C(=O)NC(=O)/C(=C/c3cc(Br)ccc3OCc3cccc(F)c3)C2=O)cc1. The van der Waals surface area contributed by atoms with Gasteiger partial charge in [-0.1, -0.05) is 47.1 Å². The highest BCUT2D eigenvalue weighted by molar-refractivity contribution is 9.10. The quantitative estimate of drug-likeness (QED) is 0.347. The molecule has 0 aromatic heterocycles. The van der Waals surface area contributed by atoms with Crippen LogP contribution < -0.4 is 15.0 Å². The lowest BCUT2D eigenvalue weighted by molar-refractivity contribution is -0.122. The number of anilines is 1. The number of nitrogens with one attached hydrogen (secondary N) is 1. The summed E-state index contributed by atoms with van der Waals surface area (Å²) >= 11 is 3.38. The molecule has 1 fully saturated rings. The van der Waals surface area contributed by atoms with Crippen molar-refractivity contribution in [3.8, 4) is 5.75 Å². The Kier molecular flexibility index (Phi) is 6.88. The Bertz CT molecular complexity index is 1300. The molecule has 0 spiro atoms. The van der Waals surface area contributed by atoms with Gasteiger partial charge in [0.1, 0.15) is 23.7 Å². The summed E-state index contributed by atoms with van der Waals surface area (Å²) in [5, 5.41) is 2.22. The number of carbonyl (C=O) groups excluding carboxylic acids is 3. The van der Waals surface area contributed by atoms with Gasteiger partial charge in [-0.15, -0.1) is 0 Å². The van der Waals surface area contributed by atoms with Crippen molar-refractivity contribution in [1.29, 1.82) is 0 Å². The molecule has 0 bridgehead atoms. The highest BCUT2D eigenvalue weighted by Crippen LogP contribution is 2.29. The molecule has 4 amide bonds. The molecule has 0 unspecified atom stereocenters. The van der Waals surface area contributed by atoms with Crippen molar-refractivity contribution >= 4 is 45.5 Å². The summed E-state index contributed by atoms with van der Waals surface area (Å²) in [7, 11) is 0. The normalized spacial score (nSPS) is 15.0. The van der Waals surface area contributed by atoms with Gasteiger partial charge >= 0.3 is 6.03 Å². The standard InChI is InChI=1S/C26H20BrFN2O4/c1-2-16-6-9-21(10-7-16)30-25(32)22(24(31)29-26(30)33)14-18-13-19(27)8-11-23(18)34-15-17-4-3-5-20(28)12-17/h3-14H,2,15H2,1H3,(H,29,31,33)/b22-14-. The number of benzene rings is 3. The molecule has 0 aliphatic carbocycles. The second kappa shape index (κ2) is 10.0. The van der Waals surface area contributed by atoms with Gasteiger partial charge < -0.3 is 4.74 Å². The Balaban J connectivity index is 1.66. The number of hydrogen-bond donors (Lipinski definition) is 1. The van der Waals surface area contributed by atoms with E-state index in [1.54, 1.807) is 42.5 Å². The van der Waals surface area contributed by atoms with E-state index >= 15 is 0 Å². The van der Waals surface area contributed by atoms with E-state index in [9.17, 15) is 18.8 Å². The number of nitrogens with zero attached hydrogens (tertiary/aromatic N) is 1. The van der Waals surface area contributed by atoms with E-state index in [2.05, 4.69) is 21.2 Å². The van der Waals surface area contributed by atoms with Gasteiger partial charge in [0.05, 0.1) is 5.69 Å². The van der Waals surface area contributed by atoms with Crippen molar-refractivity contribution in [3.63, 3.8) is 0 Å². The minimum Gasteiger partial charge on any atom is -0.488 e. The lowest BCUT2D eigenvalue weighted by Crippen LogP contribution is -2.54. The molecule has 3 aromatic rings. The zero-order chi connectivity index (χ0) is 24.2. The fourth-order valence-electron chi connectivity index (χ4n) is 3.48. The van der Waals surface area contributed by atoms with Crippen molar-refractivity contribution in [2.75, 3.05) is 4.90 Å². The van der Waals surface area contributed by atoms with Gasteiger partial charge in [0.15, 0.2) is 0 Å². The summed E-state index contributed by atoms with van der Waals surface area (Å²) in [6, 6.07) is 17.3. The molecule has 6 nitrogen and oxygen atoms in total. The van der Waals surface area contributed by atoms with Crippen LogP contribution in [0.3, 0.4) is 0 Å². The van der Waals surface area contributed by atoms with Crippen LogP contribution in [-0.2, 0) is 22.6 Å². The number of aryl methyl sites for hydroxylation is 1. The number of barbiturate groups is 1. The van der Waals surface area contributed by atoms with Gasteiger partial charge in [-0.2, -0.15) is 0 Å². The summed E-state index contributed by atoms with van der Waals surface area (Å²) in [6.07, 6.45) is 2.19. The average Bonchev–Trinajstić information content (AvgIpc) is 2.81. The van der Waals surface area contributed by atoms with Crippen LogP contribution in [0.4, 0.5) is 14.9 Å². The van der Waals surface area contributed by atoms with Crippen molar-refractivity contribution in [2.24, 2.45) is 0 Å². The van der Waals surface area contributed by atoms with E-state index in [0.29, 0.717) is 27.0 Å². The van der Waals surface area contributed by atoms with Crippen LogP contribution in [-0.4, -0.2) is 17.8 Å². The number of halogens is 2. The van der Waals surface area contributed by atoms with Gasteiger partial charge in [0.2, 0.25) is 0 Å². The number of ether oxygens (including phenoxy) is 1. The minimum atomic E-state index is -0.812. The first-order valence-electron chi connectivity index (χ1n) is 10.5. The monoisotopic (exact) mass is 522 g/mol. The first kappa shape index (κ1) is 23.4. The second-order valence-corrected chi connectivity index (χ2v) is 8.49. The van der Waals surface area contributed by atoms with Crippen LogP contribution in [0.1, 0.15) is 23.6 Å². The zero-order valence-electron chi connectivity index (χ0n) is 18.2. The smallest absolute Gasteiger partial charge is 0.335 e. The summed E-state index contributed by atoms with van der Waals surface area (Å²) in [5.41, 5.74) is 2.26. The van der Waals surface area contributed by atoms with E-state index in [1.165, 1.54) is 18.2 Å². The van der Waals surface area contributed by atoms with E-state index in [0.717, 1.165) is 16.9 Å².